The van der Waals surface area contributed by atoms with Crippen molar-refractivity contribution in [3.05, 3.63) is 70.3 Å². The Morgan fingerprint density at radius 1 is 1.15 bits per heavy atom. The molecule has 0 N–H and O–H groups in total. The Balaban J connectivity index is 2.48. The molecule has 0 aliphatic heterocycles. The number of nitrogens with zero attached hydrogens (tertiary/aromatic N) is 2. The van der Waals surface area contributed by atoms with Gasteiger partial charge in [-0.2, -0.15) is 0 Å². The Bertz CT molecular complexity index is 929. The van der Waals surface area contributed by atoms with Crippen LogP contribution >= 0.6 is 0 Å². The molecule has 2 aromatic carbocycles. The maximum Gasteiger partial charge on any atom is 0.265 e. The van der Waals surface area contributed by atoms with Gasteiger partial charge in [0.2, 0.25) is 0 Å². The van der Waals surface area contributed by atoms with E-state index in [1.165, 1.54) is 4.57 Å². The van der Waals surface area contributed by atoms with Crippen LogP contribution in [-0.2, 0) is 6.42 Å². The Morgan fingerprint density at radius 3 is 2.70 bits per heavy atom. The van der Waals surface area contributed by atoms with Crippen LogP contribution in [0.25, 0.3) is 16.6 Å². The van der Waals surface area contributed by atoms with Gasteiger partial charge in [-0.05, 0) is 37.0 Å². The summed E-state index contributed by atoms with van der Waals surface area (Å²) in [4.78, 5) is 17.2. The Hall–Kier alpha value is -2.42. The minimum Gasteiger partial charge on any atom is -0.268 e. The van der Waals surface area contributed by atoms with Crippen LogP contribution in [0.4, 0.5) is 0 Å². The van der Waals surface area contributed by atoms with Gasteiger partial charge in [0.15, 0.2) is 0 Å². The molecule has 3 rings (SSSR count). The van der Waals surface area contributed by atoms with Crippen LogP contribution in [0.2, 0.25) is 0 Å². The second kappa shape index (κ2) is 4.93. The molecular formula is C17H16N2O. The van der Waals surface area contributed by atoms with Gasteiger partial charge in [0.25, 0.3) is 5.56 Å². The molecule has 0 spiro atoms. The summed E-state index contributed by atoms with van der Waals surface area (Å²) < 4.78 is 24.6. The first kappa shape index (κ1) is 9.48. The van der Waals surface area contributed by atoms with Crippen LogP contribution in [0, 0.1) is 6.85 Å². The molecule has 3 heteroatoms. The Kier molecular flexibility index (Phi) is 2.34. The molecule has 1 heterocycles. The number of aromatic nitrogens is 2. The van der Waals surface area contributed by atoms with Crippen molar-refractivity contribution in [2.24, 2.45) is 0 Å². The fourth-order valence-corrected chi connectivity index (χ4v) is 2.38. The highest BCUT2D eigenvalue weighted by atomic mass is 16.1. The average Bonchev–Trinajstić information content (AvgIpc) is 2.54. The second-order valence-corrected chi connectivity index (χ2v) is 4.58. The third-order valence-electron chi connectivity index (χ3n) is 3.39. The van der Waals surface area contributed by atoms with Crippen molar-refractivity contribution < 1.29 is 4.11 Å². The molecule has 0 bridgehead atoms. The first-order valence-electron chi connectivity index (χ1n) is 8.04. The predicted octanol–water partition coefficient (Wildman–Crippen LogP) is 3.26. The van der Waals surface area contributed by atoms with Crippen molar-refractivity contribution in [1.82, 2.24) is 9.55 Å². The van der Waals surface area contributed by atoms with Crippen molar-refractivity contribution in [1.29, 1.82) is 0 Å². The predicted molar refractivity (Wildman–Crippen MR) is 81.5 cm³/mol. The van der Waals surface area contributed by atoms with Gasteiger partial charge in [-0.25, -0.2) is 4.98 Å². The SMILES string of the molecule is [2H]C([2H])([2H])c1nc2ccccc2c(=O)n1-c1ccccc1CC. The van der Waals surface area contributed by atoms with Crippen LogP contribution < -0.4 is 5.56 Å². The average molecular weight is 267 g/mol. The normalized spacial score (nSPS) is 13.8. The fraction of sp³-hybridized carbons (Fsp3) is 0.176. The minimum absolute atomic E-state index is 0.206. The molecule has 0 saturated heterocycles. The van der Waals surface area contributed by atoms with E-state index in [0.29, 0.717) is 23.0 Å². The summed E-state index contributed by atoms with van der Waals surface area (Å²) in [6, 6.07) is 14.1. The van der Waals surface area contributed by atoms with E-state index in [9.17, 15) is 4.79 Å². The summed E-state index contributed by atoms with van der Waals surface area (Å²) in [5.41, 5.74) is 1.51. The van der Waals surface area contributed by atoms with Crippen LogP contribution in [0.5, 0.6) is 0 Å². The zero-order valence-corrected chi connectivity index (χ0v) is 11.1. The molecule has 0 aliphatic carbocycles. The van der Waals surface area contributed by atoms with E-state index in [2.05, 4.69) is 4.98 Å². The fourth-order valence-electron chi connectivity index (χ4n) is 2.38. The zero-order chi connectivity index (χ0) is 16.6. The summed E-state index contributed by atoms with van der Waals surface area (Å²) in [6.45, 7) is -0.516. The van der Waals surface area contributed by atoms with Gasteiger partial charge in [0.05, 0.1) is 16.6 Å². The van der Waals surface area contributed by atoms with Gasteiger partial charge in [0, 0.05) is 4.11 Å². The van der Waals surface area contributed by atoms with E-state index in [0.717, 1.165) is 5.56 Å². The number of benzene rings is 2. The molecule has 3 nitrogen and oxygen atoms in total. The second-order valence-electron chi connectivity index (χ2n) is 4.58. The summed E-state index contributed by atoms with van der Waals surface area (Å²) in [5, 5.41) is 0.409. The van der Waals surface area contributed by atoms with E-state index in [1.54, 1.807) is 36.4 Å². The van der Waals surface area contributed by atoms with Crippen LogP contribution in [-0.4, -0.2) is 9.55 Å². The molecule has 100 valence electrons. The third-order valence-corrected chi connectivity index (χ3v) is 3.39. The van der Waals surface area contributed by atoms with Gasteiger partial charge >= 0.3 is 0 Å². The number of hydrogen-bond donors (Lipinski definition) is 0. The maximum atomic E-state index is 12.9. The summed E-state index contributed by atoms with van der Waals surface area (Å²) in [6.07, 6.45) is 0.690. The van der Waals surface area contributed by atoms with Crippen molar-refractivity contribution in [2.75, 3.05) is 0 Å². The smallest absolute Gasteiger partial charge is 0.265 e. The molecule has 0 aliphatic rings. The molecular weight excluding hydrogens is 248 g/mol. The van der Waals surface area contributed by atoms with Crippen molar-refractivity contribution in [2.45, 2.75) is 20.2 Å². The lowest BCUT2D eigenvalue weighted by atomic mass is 10.1. The van der Waals surface area contributed by atoms with Crippen molar-refractivity contribution >= 4 is 10.9 Å². The van der Waals surface area contributed by atoms with Crippen molar-refractivity contribution in [3.63, 3.8) is 0 Å². The van der Waals surface area contributed by atoms with Crippen LogP contribution in [0.1, 0.15) is 22.4 Å². The van der Waals surface area contributed by atoms with Gasteiger partial charge in [-0.3, -0.25) is 9.36 Å². The highest BCUT2D eigenvalue weighted by molar-refractivity contribution is 5.77. The van der Waals surface area contributed by atoms with Crippen molar-refractivity contribution in [3.8, 4) is 5.69 Å². The molecule has 0 atom stereocenters. The topological polar surface area (TPSA) is 34.9 Å². The van der Waals surface area contributed by atoms with E-state index in [1.807, 2.05) is 19.1 Å². The van der Waals surface area contributed by atoms with Gasteiger partial charge in [-0.15, -0.1) is 0 Å². The highest BCUT2D eigenvalue weighted by Crippen LogP contribution is 2.16. The number of para-hydroxylation sites is 2. The monoisotopic (exact) mass is 267 g/mol. The molecule has 0 amide bonds. The Labute approximate surface area is 121 Å². The lowest BCUT2D eigenvalue weighted by Gasteiger charge is -2.14. The molecule has 0 fully saturated rings. The third kappa shape index (κ3) is 1.92. The van der Waals surface area contributed by atoms with E-state index in [-0.39, 0.29) is 11.4 Å². The quantitative estimate of drug-likeness (QED) is 0.714. The summed E-state index contributed by atoms with van der Waals surface area (Å²) >= 11 is 0. The van der Waals surface area contributed by atoms with Crippen LogP contribution in [0.15, 0.2) is 53.3 Å². The molecule has 3 aromatic rings. The first-order valence-corrected chi connectivity index (χ1v) is 6.54. The molecule has 20 heavy (non-hydrogen) atoms. The van der Waals surface area contributed by atoms with E-state index in [4.69, 9.17) is 4.11 Å². The first-order chi connectivity index (χ1) is 10.9. The number of rotatable bonds is 2. The number of hydrogen-bond acceptors (Lipinski definition) is 2. The van der Waals surface area contributed by atoms with Crippen LogP contribution in [0.3, 0.4) is 0 Å². The number of aryl methyl sites for hydroxylation is 2. The van der Waals surface area contributed by atoms with E-state index < -0.39 is 6.85 Å². The highest BCUT2D eigenvalue weighted by Gasteiger charge is 2.11. The van der Waals surface area contributed by atoms with Gasteiger partial charge < -0.3 is 0 Å². The molecule has 0 saturated carbocycles. The maximum absolute atomic E-state index is 12.9. The molecule has 0 unspecified atom stereocenters. The molecule has 1 aromatic heterocycles. The lowest BCUT2D eigenvalue weighted by Crippen LogP contribution is -2.23. The van der Waals surface area contributed by atoms with Gasteiger partial charge in [0.1, 0.15) is 5.82 Å². The van der Waals surface area contributed by atoms with Gasteiger partial charge in [-0.1, -0.05) is 37.3 Å². The number of fused-ring (bicyclic) bond motifs is 1. The lowest BCUT2D eigenvalue weighted by molar-refractivity contribution is 0.878. The molecule has 0 radical (unpaired) electrons. The largest absolute Gasteiger partial charge is 0.268 e. The van der Waals surface area contributed by atoms with E-state index >= 15 is 0 Å². The summed E-state index contributed by atoms with van der Waals surface area (Å²) in [5.74, 6) is -0.206. The standard InChI is InChI=1S/C17H16N2O/c1-3-13-8-4-7-11-16(13)19-12(2)18-15-10-6-5-9-14(15)17(19)20/h4-11H,3H2,1-2H3/i2D3. The minimum atomic E-state index is -2.48. The Morgan fingerprint density at radius 2 is 1.90 bits per heavy atom. The zero-order valence-electron chi connectivity index (χ0n) is 14.1. The summed E-state index contributed by atoms with van der Waals surface area (Å²) in [7, 11) is 0.